The van der Waals surface area contributed by atoms with E-state index in [0.717, 1.165) is 0 Å². The van der Waals surface area contributed by atoms with Gasteiger partial charge in [-0.05, 0) is 6.92 Å². The summed E-state index contributed by atoms with van der Waals surface area (Å²) in [6.45, 7) is 3.72. The molecule has 0 radical (unpaired) electrons. The highest BCUT2D eigenvalue weighted by molar-refractivity contribution is 5.73. The zero-order valence-electron chi connectivity index (χ0n) is 15.1. The molecule has 0 aromatic rings. The Morgan fingerprint density at radius 1 is 1.00 bits per heavy atom. The number of aliphatic hydroxyl groups is 5. The van der Waals surface area contributed by atoms with Crippen molar-refractivity contribution in [3.05, 3.63) is 0 Å². The highest BCUT2D eigenvalue weighted by Crippen LogP contribution is 2.31. The zero-order valence-corrected chi connectivity index (χ0v) is 15.1. The van der Waals surface area contributed by atoms with Crippen LogP contribution in [0.1, 0.15) is 20.8 Å². The van der Waals surface area contributed by atoms with Gasteiger partial charge in [-0.2, -0.15) is 0 Å². The van der Waals surface area contributed by atoms with Crippen LogP contribution in [0.4, 0.5) is 0 Å². The van der Waals surface area contributed by atoms with Gasteiger partial charge < -0.3 is 45.1 Å². The van der Waals surface area contributed by atoms with Gasteiger partial charge >= 0.3 is 0 Å². The average Bonchev–Trinajstić information content (AvgIpc) is 2.60. The summed E-state index contributed by atoms with van der Waals surface area (Å²) in [7, 11) is 0. The molecule has 0 aliphatic carbocycles. The van der Waals surface area contributed by atoms with Gasteiger partial charge in [-0.3, -0.25) is 4.79 Å². The topological polar surface area (TPSA) is 158 Å². The van der Waals surface area contributed by atoms with Crippen LogP contribution in [-0.4, -0.2) is 99.7 Å². The van der Waals surface area contributed by atoms with Crippen molar-refractivity contribution < 1.29 is 44.5 Å². The van der Waals surface area contributed by atoms with Gasteiger partial charge in [-0.15, -0.1) is 0 Å². The van der Waals surface area contributed by atoms with E-state index in [2.05, 4.69) is 5.32 Å². The van der Waals surface area contributed by atoms with E-state index in [0.29, 0.717) is 0 Å². The van der Waals surface area contributed by atoms with Crippen LogP contribution in [0, 0.1) is 5.92 Å². The Bertz CT molecular complexity index is 477. The van der Waals surface area contributed by atoms with Crippen LogP contribution in [0.2, 0.25) is 0 Å². The van der Waals surface area contributed by atoms with Crippen LogP contribution >= 0.6 is 0 Å². The summed E-state index contributed by atoms with van der Waals surface area (Å²) >= 11 is 0. The van der Waals surface area contributed by atoms with E-state index in [-0.39, 0.29) is 12.5 Å². The molecule has 1 amide bonds. The molecule has 2 saturated heterocycles. The van der Waals surface area contributed by atoms with E-state index in [1.165, 1.54) is 6.92 Å². The SMILES string of the molecule is CC(=O)NC1C(C)OC(CO)C(O)C1OC1OC(CO)C(C)C(O)C1O. The lowest BCUT2D eigenvalue weighted by Crippen LogP contribution is -2.66. The van der Waals surface area contributed by atoms with Gasteiger partial charge in [0.25, 0.3) is 0 Å². The molecule has 0 bridgehead atoms. The lowest BCUT2D eigenvalue weighted by Gasteiger charge is -2.47. The second-order valence-electron chi connectivity index (χ2n) is 6.95. The van der Waals surface area contributed by atoms with Gasteiger partial charge in [0, 0.05) is 12.8 Å². The molecular weight excluding hydrogens is 350 g/mol. The predicted octanol–water partition coefficient (Wildman–Crippen LogP) is -2.91. The molecule has 0 saturated carbocycles. The summed E-state index contributed by atoms with van der Waals surface area (Å²) in [5.74, 6) is -0.898. The monoisotopic (exact) mass is 379 g/mol. The molecule has 10 atom stereocenters. The molecule has 0 aromatic heterocycles. The Morgan fingerprint density at radius 3 is 2.15 bits per heavy atom. The fourth-order valence-electron chi connectivity index (χ4n) is 3.43. The summed E-state index contributed by atoms with van der Waals surface area (Å²) in [5, 5.41) is 52.3. The third-order valence-electron chi connectivity index (χ3n) is 5.05. The number of rotatable bonds is 5. The minimum atomic E-state index is -1.41. The number of aliphatic hydroxyl groups excluding tert-OH is 5. The molecule has 2 fully saturated rings. The van der Waals surface area contributed by atoms with E-state index in [1.807, 2.05) is 0 Å². The van der Waals surface area contributed by atoms with E-state index in [9.17, 15) is 30.3 Å². The molecule has 0 aromatic carbocycles. The van der Waals surface area contributed by atoms with Crippen LogP contribution in [0.5, 0.6) is 0 Å². The van der Waals surface area contributed by atoms with Gasteiger partial charge in [0.05, 0.1) is 37.6 Å². The normalized spacial score (nSPS) is 46.8. The minimum Gasteiger partial charge on any atom is -0.394 e. The van der Waals surface area contributed by atoms with Crippen molar-refractivity contribution in [2.45, 2.75) is 75.8 Å². The van der Waals surface area contributed by atoms with Crippen LogP contribution in [-0.2, 0) is 19.0 Å². The van der Waals surface area contributed by atoms with Gasteiger partial charge in [-0.25, -0.2) is 0 Å². The first kappa shape index (κ1) is 21.5. The zero-order chi connectivity index (χ0) is 19.6. The summed E-state index contributed by atoms with van der Waals surface area (Å²) in [6.07, 6.45) is -8.63. The Morgan fingerprint density at radius 2 is 1.62 bits per heavy atom. The Balaban J connectivity index is 2.21. The van der Waals surface area contributed by atoms with Crippen molar-refractivity contribution in [1.29, 1.82) is 0 Å². The second-order valence-corrected chi connectivity index (χ2v) is 6.95. The standard InChI is InChI=1S/C16H29NO9/c1-6-9(4-18)25-16(14(23)12(6)21)26-15-11(17-8(3)20)7(2)24-10(5-19)13(15)22/h6-7,9-16,18-19,21-23H,4-5H2,1-3H3,(H,17,20). The van der Waals surface area contributed by atoms with Gasteiger partial charge in [0.2, 0.25) is 5.91 Å². The summed E-state index contributed by atoms with van der Waals surface area (Å²) in [4.78, 5) is 11.5. The van der Waals surface area contributed by atoms with E-state index < -0.39 is 67.6 Å². The maximum absolute atomic E-state index is 11.5. The van der Waals surface area contributed by atoms with Crippen molar-refractivity contribution in [2.75, 3.05) is 13.2 Å². The number of hydrogen-bond acceptors (Lipinski definition) is 9. The number of amides is 1. The molecule has 6 N–H and O–H groups in total. The highest BCUT2D eigenvalue weighted by atomic mass is 16.7. The van der Waals surface area contributed by atoms with E-state index >= 15 is 0 Å². The average molecular weight is 379 g/mol. The first-order chi connectivity index (χ1) is 12.2. The first-order valence-corrected chi connectivity index (χ1v) is 8.70. The molecule has 10 unspecified atom stereocenters. The second kappa shape index (κ2) is 8.89. The summed E-state index contributed by atoms with van der Waals surface area (Å²) in [6, 6.07) is -0.773. The van der Waals surface area contributed by atoms with Gasteiger partial charge in [0.1, 0.15) is 24.4 Å². The third-order valence-corrected chi connectivity index (χ3v) is 5.05. The molecule has 26 heavy (non-hydrogen) atoms. The maximum Gasteiger partial charge on any atom is 0.217 e. The number of carbonyl (C=O) groups excluding carboxylic acids is 1. The molecular formula is C16H29NO9. The van der Waals surface area contributed by atoms with Crippen molar-refractivity contribution in [2.24, 2.45) is 5.92 Å². The van der Waals surface area contributed by atoms with Crippen molar-refractivity contribution in [3.8, 4) is 0 Å². The summed E-state index contributed by atoms with van der Waals surface area (Å²) in [5.41, 5.74) is 0. The van der Waals surface area contributed by atoms with Crippen molar-refractivity contribution in [1.82, 2.24) is 5.32 Å². The lowest BCUT2D eigenvalue weighted by molar-refractivity contribution is -0.323. The molecule has 10 heteroatoms. The van der Waals surface area contributed by atoms with Crippen LogP contribution in [0.3, 0.4) is 0 Å². The molecule has 10 nitrogen and oxygen atoms in total. The lowest BCUT2D eigenvalue weighted by atomic mass is 9.90. The van der Waals surface area contributed by atoms with Crippen LogP contribution in [0.25, 0.3) is 0 Å². The smallest absolute Gasteiger partial charge is 0.217 e. The number of hydrogen-bond donors (Lipinski definition) is 6. The molecule has 152 valence electrons. The van der Waals surface area contributed by atoms with Crippen LogP contribution in [0.15, 0.2) is 0 Å². The van der Waals surface area contributed by atoms with E-state index in [4.69, 9.17) is 14.2 Å². The fraction of sp³-hybridized carbons (Fsp3) is 0.938. The van der Waals surface area contributed by atoms with Crippen LogP contribution < -0.4 is 5.32 Å². The third kappa shape index (κ3) is 4.34. The summed E-state index contributed by atoms with van der Waals surface area (Å²) < 4.78 is 16.8. The number of carbonyl (C=O) groups is 1. The number of ether oxygens (including phenoxy) is 3. The molecule has 0 spiro atoms. The highest BCUT2D eigenvalue weighted by Gasteiger charge is 2.49. The van der Waals surface area contributed by atoms with Crippen molar-refractivity contribution in [3.63, 3.8) is 0 Å². The Hall–Kier alpha value is -0.850. The quantitative estimate of drug-likeness (QED) is 0.294. The maximum atomic E-state index is 11.5. The largest absolute Gasteiger partial charge is 0.394 e. The van der Waals surface area contributed by atoms with Gasteiger partial charge in [-0.1, -0.05) is 6.92 Å². The Kier molecular flexibility index (Phi) is 7.34. The molecule has 2 rings (SSSR count). The molecule has 2 aliphatic heterocycles. The van der Waals surface area contributed by atoms with Gasteiger partial charge in [0.15, 0.2) is 6.29 Å². The molecule has 2 aliphatic rings. The minimum absolute atomic E-state index is 0.374. The first-order valence-electron chi connectivity index (χ1n) is 8.70. The molecule has 2 heterocycles. The predicted molar refractivity (Wildman–Crippen MR) is 86.8 cm³/mol. The fourth-order valence-corrected chi connectivity index (χ4v) is 3.43. The van der Waals surface area contributed by atoms with Crippen molar-refractivity contribution >= 4 is 5.91 Å². The Labute approximate surface area is 151 Å². The van der Waals surface area contributed by atoms with E-state index in [1.54, 1.807) is 13.8 Å². The number of nitrogens with one attached hydrogen (secondary N) is 1.